The Kier molecular flexibility index (Phi) is 4.78. The summed E-state index contributed by atoms with van der Waals surface area (Å²) in [5, 5.41) is 5.97. The zero-order valence-electron chi connectivity index (χ0n) is 14.4. The van der Waals surface area contributed by atoms with E-state index in [2.05, 4.69) is 25.6 Å². The van der Waals surface area contributed by atoms with Gasteiger partial charge in [0.15, 0.2) is 11.5 Å². The van der Waals surface area contributed by atoms with Crippen LogP contribution >= 0.6 is 0 Å². The van der Waals surface area contributed by atoms with E-state index >= 15 is 0 Å². The average Bonchev–Trinajstić information content (AvgIpc) is 2.73. The van der Waals surface area contributed by atoms with Crippen LogP contribution in [-0.4, -0.2) is 34.1 Å². The van der Waals surface area contributed by atoms with Crippen molar-refractivity contribution >= 4 is 17.4 Å². The molecule has 8 heteroatoms. The van der Waals surface area contributed by atoms with Gasteiger partial charge in [-0.2, -0.15) is 0 Å². The summed E-state index contributed by atoms with van der Waals surface area (Å²) in [6.07, 6.45) is 4.71. The number of rotatable bonds is 5. The molecule has 0 saturated heterocycles. The van der Waals surface area contributed by atoms with E-state index < -0.39 is 0 Å². The number of amides is 1. The standard InChI is InChI=1S/C19H17N5O3/c25-19(21-11-13-3-5-20-6-4-13)15-10-18(23-12-22-15)24-14-1-2-16-17(9-14)27-8-7-26-16/h1-6,9-10,12H,7-8,11H2,(H,21,25)(H,22,23,24). The van der Waals surface area contributed by atoms with Crippen molar-refractivity contribution in [1.29, 1.82) is 0 Å². The van der Waals surface area contributed by atoms with Crippen LogP contribution in [0.4, 0.5) is 11.5 Å². The molecule has 136 valence electrons. The Hall–Kier alpha value is -3.68. The summed E-state index contributed by atoms with van der Waals surface area (Å²) < 4.78 is 11.1. The topological polar surface area (TPSA) is 98.3 Å². The first-order chi connectivity index (χ1) is 13.3. The second kappa shape index (κ2) is 7.69. The third-order valence-electron chi connectivity index (χ3n) is 3.92. The Morgan fingerprint density at radius 2 is 1.81 bits per heavy atom. The summed E-state index contributed by atoms with van der Waals surface area (Å²) in [7, 11) is 0. The molecule has 1 amide bonds. The van der Waals surface area contributed by atoms with Crippen LogP contribution in [0.5, 0.6) is 11.5 Å². The molecule has 0 unspecified atom stereocenters. The second-order valence-corrected chi connectivity index (χ2v) is 5.81. The van der Waals surface area contributed by atoms with Gasteiger partial charge in [-0.3, -0.25) is 9.78 Å². The first-order valence-corrected chi connectivity index (χ1v) is 8.44. The minimum atomic E-state index is -0.278. The smallest absolute Gasteiger partial charge is 0.270 e. The lowest BCUT2D eigenvalue weighted by molar-refractivity contribution is 0.0946. The number of benzene rings is 1. The van der Waals surface area contributed by atoms with Crippen molar-refractivity contribution in [3.8, 4) is 11.5 Å². The summed E-state index contributed by atoms with van der Waals surface area (Å²) >= 11 is 0. The van der Waals surface area contributed by atoms with Gasteiger partial charge in [0.1, 0.15) is 31.1 Å². The van der Waals surface area contributed by atoms with Gasteiger partial charge in [-0.05, 0) is 29.8 Å². The zero-order valence-corrected chi connectivity index (χ0v) is 14.4. The van der Waals surface area contributed by atoms with Crippen LogP contribution < -0.4 is 20.1 Å². The van der Waals surface area contributed by atoms with Crippen molar-refractivity contribution in [3.05, 3.63) is 66.4 Å². The van der Waals surface area contributed by atoms with Crippen LogP contribution in [0, 0.1) is 0 Å². The molecule has 0 fully saturated rings. The third kappa shape index (κ3) is 4.12. The van der Waals surface area contributed by atoms with Gasteiger partial charge < -0.3 is 20.1 Å². The highest BCUT2D eigenvalue weighted by Gasteiger charge is 2.13. The molecule has 2 N–H and O–H groups in total. The third-order valence-corrected chi connectivity index (χ3v) is 3.92. The highest BCUT2D eigenvalue weighted by Crippen LogP contribution is 2.33. The number of pyridine rings is 1. The highest BCUT2D eigenvalue weighted by molar-refractivity contribution is 5.92. The van der Waals surface area contributed by atoms with Gasteiger partial charge in [0.05, 0.1) is 0 Å². The zero-order chi connectivity index (χ0) is 18.5. The maximum Gasteiger partial charge on any atom is 0.270 e. The number of hydrogen-bond donors (Lipinski definition) is 2. The van der Waals surface area contributed by atoms with E-state index in [0.29, 0.717) is 37.1 Å². The molecule has 1 aromatic carbocycles. The molecular weight excluding hydrogens is 346 g/mol. The Labute approximate surface area is 155 Å². The normalized spacial score (nSPS) is 12.3. The summed E-state index contributed by atoms with van der Waals surface area (Å²) in [5.74, 6) is 1.62. The van der Waals surface area contributed by atoms with E-state index in [0.717, 1.165) is 11.3 Å². The molecule has 0 saturated carbocycles. The Balaban J connectivity index is 1.43. The van der Waals surface area contributed by atoms with E-state index in [1.54, 1.807) is 18.5 Å². The minimum Gasteiger partial charge on any atom is -0.486 e. The SMILES string of the molecule is O=C(NCc1ccncc1)c1cc(Nc2ccc3c(c2)OCCO3)ncn1. The largest absolute Gasteiger partial charge is 0.486 e. The Bertz CT molecular complexity index is 949. The predicted molar refractivity (Wildman–Crippen MR) is 98.2 cm³/mol. The fourth-order valence-corrected chi connectivity index (χ4v) is 2.59. The average molecular weight is 363 g/mol. The summed E-state index contributed by atoms with van der Waals surface area (Å²) in [6.45, 7) is 1.46. The number of ether oxygens (including phenoxy) is 2. The summed E-state index contributed by atoms with van der Waals surface area (Å²) in [5.41, 5.74) is 2.02. The molecule has 4 rings (SSSR count). The predicted octanol–water partition coefficient (Wildman–Crippen LogP) is 2.32. The van der Waals surface area contributed by atoms with Crippen LogP contribution in [0.25, 0.3) is 0 Å². The van der Waals surface area contributed by atoms with Gasteiger partial charge in [-0.15, -0.1) is 0 Å². The van der Waals surface area contributed by atoms with Gasteiger partial charge in [-0.25, -0.2) is 9.97 Å². The van der Waals surface area contributed by atoms with Crippen molar-refractivity contribution in [2.75, 3.05) is 18.5 Å². The molecule has 8 nitrogen and oxygen atoms in total. The van der Waals surface area contributed by atoms with Crippen LogP contribution in [0.3, 0.4) is 0 Å². The summed E-state index contributed by atoms with van der Waals surface area (Å²) in [6, 6.07) is 10.8. The van der Waals surface area contributed by atoms with Crippen molar-refractivity contribution < 1.29 is 14.3 Å². The van der Waals surface area contributed by atoms with Crippen LogP contribution in [-0.2, 0) is 6.54 Å². The van der Waals surface area contributed by atoms with E-state index in [1.807, 2.05) is 30.3 Å². The fourth-order valence-electron chi connectivity index (χ4n) is 2.59. The lowest BCUT2D eigenvalue weighted by Gasteiger charge is -2.19. The number of fused-ring (bicyclic) bond motifs is 1. The molecule has 3 aromatic rings. The van der Waals surface area contributed by atoms with E-state index in [9.17, 15) is 4.79 Å². The van der Waals surface area contributed by atoms with E-state index in [1.165, 1.54) is 6.33 Å². The van der Waals surface area contributed by atoms with Gasteiger partial charge in [0.25, 0.3) is 5.91 Å². The van der Waals surface area contributed by atoms with Crippen LogP contribution in [0.1, 0.15) is 16.1 Å². The van der Waals surface area contributed by atoms with E-state index in [-0.39, 0.29) is 11.6 Å². The Morgan fingerprint density at radius 1 is 1.00 bits per heavy atom. The molecular formula is C19H17N5O3. The first-order valence-electron chi connectivity index (χ1n) is 8.44. The molecule has 27 heavy (non-hydrogen) atoms. The molecule has 0 radical (unpaired) electrons. The number of anilines is 2. The van der Waals surface area contributed by atoms with Crippen molar-refractivity contribution in [2.45, 2.75) is 6.54 Å². The Morgan fingerprint density at radius 3 is 2.67 bits per heavy atom. The van der Waals surface area contributed by atoms with Gasteiger partial charge in [0, 0.05) is 36.8 Å². The first kappa shape index (κ1) is 16.8. The molecule has 0 aliphatic carbocycles. The number of nitrogens with zero attached hydrogens (tertiary/aromatic N) is 3. The van der Waals surface area contributed by atoms with Crippen molar-refractivity contribution in [3.63, 3.8) is 0 Å². The maximum absolute atomic E-state index is 12.3. The fraction of sp³-hybridized carbons (Fsp3) is 0.158. The molecule has 0 bridgehead atoms. The number of nitrogens with one attached hydrogen (secondary N) is 2. The molecule has 1 aliphatic heterocycles. The molecule has 0 spiro atoms. The number of aromatic nitrogens is 3. The highest BCUT2D eigenvalue weighted by atomic mass is 16.6. The van der Waals surface area contributed by atoms with Crippen molar-refractivity contribution in [2.24, 2.45) is 0 Å². The molecule has 2 aromatic heterocycles. The number of hydrogen-bond acceptors (Lipinski definition) is 7. The number of carbonyl (C=O) groups is 1. The van der Waals surface area contributed by atoms with Crippen LogP contribution in [0.15, 0.2) is 55.1 Å². The van der Waals surface area contributed by atoms with Crippen LogP contribution in [0.2, 0.25) is 0 Å². The molecule has 3 heterocycles. The molecule has 1 aliphatic rings. The van der Waals surface area contributed by atoms with Gasteiger partial charge in [-0.1, -0.05) is 0 Å². The summed E-state index contributed by atoms with van der Waals surface area (Å²) in [4.78, 5) is 24.5. The monoisotopic (exact) mass is 363 g/mol. The number of carbonyl (C=O) groups excluding carboxylic acids is 1. The van der Waals surface area contributed by atoms with E-state index in [4.69, 9.17) is 9.47 Å². The molecule has 0 atom stereocenters. The minimum absolute atomic E-state index is 0.277. The quantitative estimate of drug-likeness (QED) is 0.718. The second-order valence-electron chi connectivity index (χ2n) is 5.81. The lowest BCUT2D eigenvalue weighted by Crippen LogP contribution is -2.24. The van der Waals surface area contributed by atoms with Crippen molar-refractivity contribution in [1.82, 2.24) is 20.3 Å². The maximum atomic E-state index is 12.3. The van der Waals surface area contributed by atoms with Gasteiger partial charge in [0.2, 0.25) is 0 Å². The van der Waals surface area contributed by atoms with Gasteiger partial charge >= 0.3 is 0 Å². The lowest BCUT2D eigenvalue weighted by atomic mass is 10.2.